The van der Waals surface area contributed by atoms with Crippen LogP contribution in [0.4, 0.5) is 4.39 Å². The predicted molar refractivity (Wildman–Crippen MR) is 107 cm³/mol. The van der Waals surface area contributed by atoms with Gasteiger partial charge in [0.1, 0.15) is 11.6 Å². The van der Waals surface area contributed by atoms with Gasteiger partial charge in [-0.2, -0.15) is 0 Å². The van der Waals surface area contributed by atoms with Crippen LogP contribution in [0.15, 0.2) is 71.1 Å². The first-order valence-electron chi connectivity index (χ1n) is 9.61. The van der Waals surface area contributed by atoms with Gasteiger partial charge in [0, 0.05) is 30.3 Å². The fraction of sp³-hybridized carbons (Fsp3) is 0.217. The summed E-state index contributed by atoms with van der Waals surface area (Å²) in [4.78, 5) is 26.7. The highest BCUT2D eigenvalue weighted by molar-refractivity contribution is 5.94. The summed E-state index contributed by atoms with van der Waals surface area (Å²) >= 11 is 0. The van der Waals surface area contributed by atoms with Crippen LogP contribution in [0.2, 0.25) is 0 Å². The maximum Gasteiger partial charge on any atom is 0.289 e. The number of furan rings is 1. The molecule has 1 aliphatic heterocycles. The number of likely N-dealkylation sites (tertiary alicyclic amines) is 1. The Balaban J connectivity index is 1.33. The first-order valence-corrected chi connectivity index (χ1v) is 9.61. The number of halogens is 1. The highest BCUT2D eigenvalue weighted by atomic mass is 19.1. The minimum atomic E-state index is -0.321. The average Bonchev–Trinajstić information content (AvgIpc) is 3.25. The predicted octanol–water partition coefficient (Wildman–Crippen LogP) is 4.12. The summed E-state index contributed by atoms with van der Waals surface area (Å²) in [5.74, 6) is 0.199. The summed E-state index contributed by atoms with van der Waals surface area (Å²) in [6.45, 7) is 1.09. The molecular weight excluding hydrogens is 371 g/mol. The lowest BCUT2D eigenvalue weighted by molar-refractivity contribution is 0.0668. The molecule has 1 aliphatic rings. The van der Waals surface area contributed by atoms with Gasteiger partial charge in [-0.05, 0) is 61.4 Å². The fourth-order valence-corrected chi connectivity index (χ4v) is 3.46. The minimum Gasteiger partial charge on any atom is -0.451 e. The Morgan fingerprint density at radius 3 is 2.31 bits per heavy atom. The smallest absolute Gasteiger partial charge is 0.289 e. The van der Waals surface area contributed by atoms with E-state index in [1.54, 1.807) is 41.3 Å². The zero-order valence-corrected chi connectivity index (χ0v) is 15.8. The lowest BCUT2D eigenvalue weighted by Gasteiger charge is -2.31. The van der Waals surface area contributed by atoms with Crippen LogP contribution >= 0.6 is 0 Å². The average molecular weight is 392 g/mol. The lowest BCUT2D eigenvalue weighted by atomic mass is 10.0. The van der Waals surface area contributed by atoms with Crippen molar-refractivity contribution >= 4 is 11.8 Å². The van der Waals surface area contributed by atoms with E-state index in [0.29, 0.717) is 42.8 Å². The summed E-state index contributed by atoms with van der Waals surface area (Å²) < 4.78 is 18.8. The van der Waals surface area contributed by atoms with Crippen LogP contribution in [0, 0.1) is 5.82 Å². The third-order valence-corrected chi connectivity index (χ3v) is 5.10. The second kappa shape index (κ2) is 8.31. The molecule has 0 saturated carbocycles. The number of benzene rings is 2. The van der Waals surface area contributed by atoms with Crippen molar-refractivity contribution in [2.75, 3.05) is 13.1 Å². The Kier molecular flexibility index (Phi) is 5.42. The van der Waals surface area contributed by atoms with Crippen LogP contribution in [0.25, 0.3) is 11.3 Å². The monoisotopic (exact) mass is 392 g/mol. The Bertz CT molecular complexity index is 990. The molecule has 0 radical (unpaired) electrons. The van der Waals surface area contributed by atoms with E-state index in [0.717, 1.165) is 0 Å². The van der Waals surface area contributed by atoms with Crippen molar-refractivity contribution in [3.8, 4) is 11.3 Å². The van der Waals surface area contributed by atoms with Crippen LogP contribution in [0.3, 0.4) is 0 Å². The first-order chi connectivity index (χ1) is 14.1. The van der Waals surface area contributed by atoms with Crippen LogP contribution in [0.1, 0.15) is 33.8 Å². The molecule has 0 unspecified atom stereocenters. The van der Waals surface area contributed by atoms with E-state index in [1.807, 2.05) is 18.2 Å². The number of nitrogens with zero attached hydrogens (tertiary/aromatic N) is 1. The molecule has 0 aliphatic carbocycles. The zero-order chi connectivity index (χ0) is 20.2. The van der Waals surface area contributed by atoms with Gasteiger partial charge in [-0.3, -0.25) is 9.59 Å². The van der Waals surface area contributed by atoms with E-state index < -0.39 is 0 Å². The van der Waals surface area contributed by atoms with E-state index in [4.69, 9.17) is 4.42 Å². The molecule has 0 bridgehead atoms. The van der Waals surface area contributed by atoms with Crippen LogP contribution in [-0.2, 0) is 0 Å². The standard InChI is InChI=1S/C23H21FN2O3/c24-18-8-6-16(7-9-18)20-10-11-21(29-20)23(28)26-14-12-19(13-15-26)25-22(27)17-4-2-1-3-5-17/h1-11,19H,12-15H2,(H,25,27). The highest BCUT2D eigenvalue weighted by Gasteiger charge is 2.26. The first kappa shape index (κ1) is 18.9. The molecule has 5 nitrogen and oxygen atoms in total. The van der Waals surface area contributed by atoms with E-state index in [2.05, 4.69) is 5.32 Å². The maximum absolute atomic E-state index is 13.1. The molecule has 1 N–H and O–H groups in total. The third kappa shape index (κ3) is 4.37. The fourth-order valence-electron chi connectivity index (χ4n) is 3.46. The third-order valence-electron chi connectivity index (χ3n) is 5.10. The molecule has 1 saturated heterocycles. The van der Waals surface area contributed by atoms with Gasteiger partial charge in [-0.25, -0.2) is 4.39 Å². The number of amides is 2. The summed E-state index contributed by atoms with van der Waals surface area (Å²) in [6, 6.07) is 18.4. The molecule has 29 heavy (non-hydrogen) atoms. The summed E-state index contributed by atoms with van der Waals surface area (Å²) in [6.07, 6.45) is 1.38. The minimum absolute atomic E-state index is 0.0399. The lowest BCUT2D eigenvalue weighted by Crippen LogP contribution is -2.46. The molecule has 148 valence electrons. The molecule has 3 aromatic rings. The number of hydrogen-bond donors (Lipinski definition) is 1. The molecular formula is C23H21FN2O3. The van der Waals surface area contributed by atoms with Gasteiger partial charge in [0.05, 0.1) is 0 Å². The van der Waals surface area contributed by atoms with E-state index in [1.165, 1.54) is 12.1 Å². The van der Waals surface area contributed by atoms with E-state index in [-0.39, 0.29) is 29.4 Å². The Morgan fingerprint density at radius 2 is 1.62 bits per heavy atom. The molecule has 0 atom stereocenters. The van der Waals surface area contributed by atoms with Crippen molar-refractivity contribution in [1.29, 1.82) is 0 Å². The molecule has 1 fully saturated rings. The topological polar surface area (TPSA) is 62.6 Å². The molecule has 6 heteroatoms. The van der Waals surface area contributed by atoms with Crippen LogP contribution < -0.4 is 5.32 Å². The number of hydrogen-bond acceptors (Lipinski definition) is 3. The van der Waals surface area contributed by atoms with Crippen molar-refractivity contribution in [1.82, 2.24) is 10.2 Å². The van der Waals surface area contributed by atoms with Gasteiger partial charge in [0.2, 0.25) is 0 Å². The van der Waals surface area contributed by atoms with Gasteiger partial charge >= 0.3 is 0 Å². The van der Waals surface area contributed by atoms with Gasteiger partial charge in [-0.15, -0.1) is 0 Å². The summed E-state index contributed by atoms with van der Waals surface area (Å²) in [7, 11) is 0. The SMILES string of the molecule is O=C(NC1CCN(C(=O)c2ccc(-c3ccc(F)cc3)o2)CC1)c1ccccc1. The van der Waals surface area contributed by atoms with Gasteiger partial charge in [-0.1, -0.05) is 18.2 Å². The van der Waals surface area contributed by atoms with Crippen molar-refractivity contribution in [3.05, 3.63) is 83.9 Å². The number of carbonyl (C=O) groups is 2. The number of piperidine rings is 1. The van der Waals surface area contributed by atoms with Crippen LogP contribution in [0.5, 0.6) is 0 Å². The summed E-state index contributed by atoms with van der Waals surface area (Å²) in [5, 5.41) is 3.03. The maximum atomic E-state index is 13.1. The molecule has 2 aromatic carbocycles. The summed E-state index contributed by atoms with van der Waals surface area (Å²) in [5.41, 5.74) is 1.35. The van der Waals surface area contributed by atoms with Gasteiger partial charge < -0.3 is 14.6 Å². The van der Waals surface area contributed by atoms with Crippen molar-refractivity contribution < 1.29 is 18.4 Å². The van der Waals surface area contributed by atoms with E-state index in [9.17, 15) is 14.0 Å². The van der Waals surface area contributed by atoms with Gasteiger partial charge in [0.15, 0.2) is 5.76 Å². The second-order valence-corrected chi connectivity index (χ2v) is 7.08. The van der Waals surface area contributed by atoms with Crippen molar-refractivity contribution in [2.24, 2.45) is 0 Å². The number of nitrogens with one attached hydrogen (secondary N) is 1. The molecule has 0 spiro atoms. The van der Waals surface area contributed by atoms with Gasteiger partial charge in [0.25, 0.3) is 11.8 Å². The van der Waals surface area contributed by atoms with Crippen LogP contribution in [-0.4, -0.2) is 35.8 Å². The number of carbonyl (C=O) groups excluding carboxylic acids is 2. The molecule has 4 rings (SSSR count). The Hall–Kier alpha value is -3.41. The Labute approximate surface area is 168 Å². The number of rotatable bonds is 4. The molecule has 2 heterocycles. The largest absolute Gasteiger partial charge is 0.451 e. The zero-order valence-electron chi connectivity index (χ0n) is 15.8. The van der Waals surface area contributed by atoms with Crippen molar-refractivity contribution in [2.45, 2.75) is 18.9 Å². The normalized spacial score (nSPS) is 14.6. The van der Waals surface area contributed by atoms with E-state index >= 15 is 0 Å². The second-order valence-electron chi connectivity index (χ2n) is 7.08. The quantitative estimate of drug-likeness (QED) is 0.727. The Morgan fingerprint density at radius 1 is 0.931 bits per heavy atom. The van der Waals surface area contributed by atoms with Crippen molar-refractivity contribution in [3.63, 3.8) is 0 Å². The molecule has 2 amide bonds. The highest BCUT2D eigenvalue weighted by Crippen LogP contribution is 2.24. The molecule has 1 aromatic heterocycles.